The first-order chi connectivity index (χ1) is 10.7. The van der Waals surface area contributed by atoms with Gasteiger partial charge in [0.15, 0.2) is 6.10 Å². The summed E-state index contributed by atoms with van der Waals surface area (Å²) >= 11 is 0. The van der Waals surface area contributed by atoms with Gasteiger partial charge in [-0.2, -0.15) is 0 Å². The molecule has 5 heteroatoms. The monoisotopic (exact) mass is 302 g/mol. The van der Waals surface area contributed by atoms with Crippen molar-refractivity contribution in [2.45, 2.75) is 31.4 Å². The molecule has 0 N–H and O–H groups in total. The van der Waals surface area contributed by atoms with E-state index in [9.17, 15) is 9.59 Å². The lowest BCUT2D eigenvalue weighted by Gasteiger charge is -2.40. The van der Waals surface area contributed by atoms with Gasteiger partial charge in [0, 0.05) is 20.1 Å². The number of carbonyl (C=O) groups excluding carboxylic acids is 2. The zero-order valence-electron chi connectivity index (χ0n) is 12.9. The van der Waals surface area contributed by atoms with Gasteiger partial charge in [0.25, 0.3) is 5.91 Å². The molecule has 2 fully saturated rings. The van der Waals surface area contributed by atoms with Crippen LogP contribution >= 0.6 is 0 Å². The molecular formula is C17H22N2O3. The van der Waals surface area contributed by atoms with Crippen LogP contribution in [0.25, 0.3) is 0 Å². The Hall–Kier alpha value is -1.88. The minimum absolute atomic E-state index is 0.00732. The van der Waals surface area contributed by atoms with Crippen molar-refractivity contribution in [3.63, 3.8) is 0 Å². The topological polar surface area (TPSA) is 49.9 Å². The molecule has 0 saturated carbocycles. The third-order valence-electron chi connectivity index (χ3n) is 4.54. The number of hydrogen-bond acceptors (Lipinski definition) is 3. The number of benzene rings is 1. The van der Waals surface area contributed by atoms with Crippen LogP contribution in [0.1, 0.15) is 30.9 Å². The van der Waals surface area contributed by atoms with Crippen molar-refractivity contribution < 1.29 is 14.3 Å². The zero-order valence-corrected chi connectivity index (χ0v) is 12.9. The van der Waals surface area contributed by atoms with Gasteiger partial charge < -0.3 is 14.5 Å². The van der Waals surface area contributed by atoms with E-state index in [4.69, 9.17) is 4.74 Å². The number of carbonyl (C=O) groups is 2. The number of ether oxygens (including phenoxy) is 1. The molecule has 2 heterocycles. The van der Waals surface area contributed by atoms with Crippen LogP contribution in [0.15, 0.2) is 30.3 Å². The van der Waals surface area contributed by atoms with Gasteiger partial charge in [0.2, 0.25) is 5.91 Å². The van der Waals surface area contributed by atoms with E-state index in [1.54, 1.807) is 11.9 Å². The van der Waals surface area contributed by atoms with Gasteiger partial charge in [0.1, 0.15) is 6.61 Å². The van der Waals surface area contributed by atoms with Gasteiger partial charge in [-0.1, -0.05) is 30.3 Å². The fourth-order valence-electron chi connectivity index (χ4n) is 3.26. The molecule has 0 unspecified atom stereocenters. The van der Waals surface area contributed by atoms with Crippen LogP contribution in [-0.4, -0.2) is 54.5 Å². The average Bonchev–Trinajstić information content (AvgIpc) is 2.58. The maximum atomic E-state index is 12.9. The fraction of sp³-hybridized carbons (Fsp3) is 0.529. The number of likely N-dealkylation sites (tertiary alicyclic amines) is 1. The first kappa shape index (κ1) is 15.0. The Morgan fingerprint density at radius 2 is 1.82 bits per heavy atom. The van der Waals surface area contributed by atoms with E-state index in [1.807, 2.05) is 35.2 Å². The maximum Gasteiger partial charge on any atom is 0.254 e. The summed E-state index contributed by atoms with van der Waals surface area (Å²) in [5.41, 5.74) is 0.938. The molecule has 0 aliphatic carbocycles. The molecule has 3 rings (SSSR count). The van der Waals surface area contributed by atoms with E-state index in [-0.39, 0.29) is 24.5 Å². The fourth-order valence-corrected chi connectivity index (χ4v) is 3.26. The van der Waals surface area contributed by atoms with Crippen LogP contribution in [-0.2, 0) is 14.3 Å². The minimum atomic E-state index is -0.608. The van der Waals surface area contributed by atoms with Crippen molar-refractivity contribution in [1.82, 2.24) is 9.80 Å². The standard InChI is InChI=1S/C17H22N2O3/c1-18-14(20)12-22-16(15(18)13-8-4-2-5-9-13)17(21)19-10-6-3-7-11-19/h2,4-5,8-9,15-16H,3,6-7,10-12H2,1H3/t15-,16+/m1/s1. The van der Waals surface area contributed by atoms with Crippen LogP contribution < -0.4 is 0 Å². The lowest BCUT2D eigenvalue weighted by atomic mass is 9.96. The lowest BCUT2D eigenvalue weighted by Crippen LogP contribution is -2.54. The number of likely N-dealkylation sites (N-methyl/N-ethyl adjacent to an activating group) is 1. The molecule has 0 bridgehead atoms. The first-order valence-corrected chi connectivity index (χ1v) is 7.89. The Labute approximate surface area is 130 Å². The Morgan fingerprint density at radius 1 is 1.14 bits per heavy atom. The quantitative estimate of drug-likeness (QED) is 0.834. The van der Waals surface area contributed by atoms with Crippen molar-refractivity contribution in [2.24, 2.45) is 0 Å². The number of rotatable bonds is 2. The van der Waals surface area contributed by atoms with Crippen molar-refractivity contribution >= 4 is 11.8 Å². The summed E-state index contributed by atoms with van der Waals surface area (Å²) in [5, 5.41) is 0. The van der Waals surface area contributed by atoms with Crippen LogP contribution in [0, 0.1) is 0 Å². The molecule has 0 aromatic heterocycles. The summed E-state index contributed by atoms with van der Waals surface area (Å²) in [6, 6.07) is 9.31. The van der Waals surface area contributed by atoms with Gasteiger partial charge in [0.05, 0.1) is 6.04 Å². The van der Waals surface area contributed by atoms with Crippen LogP contribution in [0.5, 0.6) is 0 Å². The largest absolute Gasteiger partial charge is 0.356 e. The van der Waals surface area contributed by atoms with Gasteiger partial charge in [-0.05, 0) is 24.8 Å². The van der Waals surface area contributed by atoms with Gasteiger partial charge in [-0.3, -0.25) is 9.59 Å². The lowest BCUT2D eigenvalue weighted by molar-refractivity contribution is -0.167. The van der Waals surface area contributed by atoms with Crippen molar-refractivity contribution in [2.75, 3.05) is 26.7 Å². The Kier molecular flexibility index (Phi) is 4.43. The highest BCUT2D eigenvalue weighted by atomic mass is 16.5. The summed E-state index contributed by atoms with van der Waals surface area (Å²) < 4.78 is 5.66. The summed E-state index contributed by atoms with van der Waals surface area (Å²) in [6.07, 6.45) is 2.66. The molecule has 1 aromatic rings. The number of amides is 2. The molecular weight excluding hydrogens is 280 g/mol. The molecule has 2 aliphatic rings. The van der Waals surface area contributed by atoms with E-state index in [2.05, 4.69) is 0 Å². The second-order valence-electron chi connectivity index (χ2n) is 5.98. The van der Waals surface area contributed by atoms with E-state index in [1.165, 1.54) is 6.42 Å². The van der Waals surface area contributed by atoms with Gasteiger partial charge in [-0.15, -0.1) is 0 Å². The molecule has 1 aromatic carbocycles. The number of nitrogens with zero attached hydrogens (tertiary/aromatic N) is 2. The molecule has 2 aliphatic heterocycles. The van der Waals surface area contributed by atoms with Gasteiger partial charge >= 0.3 is 0 Å². The maximum absolute atomic E-state index is 12.9. The van der Waals surface area contributed by atoms with E-state index >= 15 is 0 Å². The molecule has 0 spiro atoms. The highest BCUT2D eigenvalue weighted by molar-refractivity contribution is 5.86. The second kappa shape index (κ2) is 6.48. The molecule has 5 nitrogen and oxygen atoms in total. The third-order valence-corrected chi connectivity index (χ3v) is 4.54. The molecule has 2 atom stereocenters. The Bertz CT molecular complexity index is 540. The average molecular weight is 302 g/mol. The zero-order chi connectivity index (χ0) is 15.5. The summed E-state index contributed by atoms with van der Waals surface area (Å²) in [5.74, 6) is -0.0792. The molecule has 2 saturated heterocycles. The Morgan fingerprint density at radius 3 is 2.50 bits per heavy atom. The SMILES string of the molecule is CN1C(=O)CO[C@H](C(=O)N2CCCCC2)[C@H]1c1ccccc1. The molecule has 118 valence electrons. The predicted octanol–water partition coefficient (Wildman–Crippen LogP) is 1.60. The van der Waals surface area contributed by atoms with Gasteiger partial charge in [-0.25, -0.2) is 0 Å². The van der Waals surface area contributed by atoms with Crippen LogP contribution in [0.3, 0.4) is 0 Å². The summed E-state index contributed by atoms with van der Waals surface area (Å²) in [6.45, 7) is 1.56. The smallest absolute Gasteiger partial charge is 0.254 e. The Balaban J connectivity index is 1.86. The van der Waals surface area contributed by atoms with E-state index in [0.29, 0.717) is 0 Å². The summed E-state index contributed by atoms with van der Waals surface area (Å²) in [7, 11) is 1.75. The van der Waals surface area contributed by atoms with E-state index < -0.39 is 6.10 Å². The number of hydrogen-bond donors (Lipinski definition) is 0. The van der Waals surface area contributed by atoms with Crippen molar-refractivity contribution in [3.05, 3.63) is 35.9 Å². The summed E-state index contributed by atoms with van der Waals surface area (Å²) in [4.78, 5) is 28.4. The third kappa shape index (κ3) is 2.86. The highest BCUT2D eigenvalue weighted by Crippen LogP contribution is 2.30. The first-order valence-electron chi connectivity index (χ1n) is 7.89. The molecule has 22 heavy (non-hydrogen) atoms. The van der Waals surface area contributed by atoms with Crippen LogP contribution in [0.4, 0.5) is 0 Å². The highest BCUT2D eigenvalue weighted by Gasteiger charge is 2.41. The normalized spacial score (nSPS) is 26.1. The number of piperidine rings is 1. The minimum Gasteiger partial charge on any atom is -0.356 e. The van der Waals surface area contributed by atoms with Crippen molar-refractivity contribution in [3.8, 4) is 0 Å². The second-order valence-corrected chi connectivity index (χ2v) is 5.98. The number of morpholine rings is 1. The van der Waals surface area contributed by atoms with Crippen molar-refractivity contribution in [1.29, 1.82) is 0 Å². The van der Waals surface area contributed by atoms with Crippen LogP contribution in [0.2, 0.25) is 0 Å². The molecule has 0 radical (unpaired) electrons. The predicted molar refractivity (Wildman–Crippen MR) is 82.1 cm³/mol. The van der Waals surface area contributed by atoms with E-state index in [0.717, 1.165) is 31.5 Å². The molecule has 2 amide bonds.